The van der Waals surface area contributed by atoms with E-state index in [0.717, 1.165) is 37.2 Å². The van der Waals surface area contributed by atoms with E-state index < -0.39 is 10.0 Å². The number of amides is 1. The number of anilines is 1. The van der Waals surface area contributed by atoms with Crippen molar-refractivity contribution in [1.29, 1.82) is 0 Å². The van der Waals surface area contributed by atoms with Gasteiger partial charge in [-0.05, 0) is 69.0 Å². The van der Waals surface area contributed by atoms with Gasteiger partial charge in [-0.1, -0.05) is 6.92 Å². The fourth-order valence-corrected chi connectivity index (χ4v) is 5.62. The average molecular weight is 380 g/mol. The molecule has 1 fully saturated rings. The lowest BCUT2D eigenvalue weighted by molar-refractivity contribution is -0.116. The molecule has 1 unspecified atom stereocenters. The van der Waals surface area contributed by atoms with Crippen molar-refractivity contribution in [3.05, 3.63) is 23.8 Å². The first-order valence-electron chi connectivity index (χ1n) is 9.48. The van der Waals surface area contributed by atoms with Gasteiger partial charge in [0.15, 0.2) is 0 Å². The van der Waals surface area contributed by atoms with Gasteiger partial charge in [-0.25, -0.2) is 8.42 Å². The molecule has 0 aliphatic carbocycles. The van der Waals surface area contributed by atoms with Gasteiger partial charge in [0.25, 0.3) is 0 Å². The van der Waals surface area contributed by atoms with Crippen molar-refractivity contribution in [3.63, 3.8) is 0 Å². The topological polar surface area (TPSA) is 69.7 Å². The molecule has 0 aromatic heterocycles. The summed E-state index contributed by atoms with van der Waals surface area (Å²) in [6, 6.07) is 5.26. The largest absolute Gasteiger partial charge is 0.317 e. The van der Waals surface area contributed by atoms with Gasteiger partial charge in [0, 0.05) is 31.7 Å². The molecule has 7 heteroatoms. The number of carbonyl (C=O) groups is 1. The molecule has 2 aliphatic heterocycles. The summed E-state index contributed by atoms with van der Waals surface area (Å²) < 4.78 is 27.7. The normalized spacial score (nSPS) is 21.8. The standard InChI is InChI=1S/C19H29N3O3S/c1-4-20-13-16-7-9-21(10-8-16)26(24,25)18-5-6-19-17(12-18)11-14(2)22(19)15(3)23/h5-6,12,14,16,20H,4,7-11,13H2,1-3H3. The summed E-state index contributed by atoms with van der Waals surface area (Å²) in [5, 5.41) is 3.35. The molecule has 0 radical (unpaired) electrons. The van der Waals surface area contributed by atoms with Crippen molar-refractivity contribution in [2.75, 3.05) is 31.1 Å². The zero-order valence-corrected chi connectivity index (χ0v) is 16.7. The Morgan fingerprint density at radius 3 is 2.58 bits per heavy atom. The second-order valence-electron chi connectivity index (χ2n) is 7.39. The van der Waals surface area contributed by atoms with E-state index in [9.17, 15) is 13.2 Å². The predicted octanol–water partition coefficient (Wildman–Crippen LogP) is 1.99. The second kappa shape index (κ2) is 7.66. The molecular formula is C19H29N3O3S. The maximum atomic E-state index is 13.0. The summed E-state index contributed by atoms with van der Waals surface area (Å²) in [5.74, 6) is 0.543. The molecule has 0 spiro atoms. The Kier molecular flexibility index (Phi) is 5.69. The van der Waals surface area contributed by atoms with Crippen LogP contribution in [-0.2, 0) is 21.2 Å². The number of benzene rings is 1. The van der Waals surface area contributed by atoms with Crippen molar-refractivity contribution in [2.24, 2.45) is 5.92 Å². The Morgan fingerprint density at radius 2 is 1.96 bits per heavy atom. The minimum Gasteiger partial charge on any atom is -0.317 e. The van der Waals surface area contributed by atoms with Crippen LogP contribution in [0, 0.1) is 5.92 Å². The van der Waals surface area contributed by atoms with Crippen LogP contribution < -0.4 is 10.2 Å². The van der Waals surface area contributed by atoms with Crippen LogP contribution >= 0.6 is 0 Å². The summed E-state index contributed by atoms with van der Waals surface area (Å²) in [6.45, 7) is 8.68. The molecule has 3 rings (SSSR count). The van der Waals surface area contributed by atoms with Crippen molar-refractivity contribution in [1.82, 2.24) is 9.62 Å². The van der Waals surface area contributed by atoms with Crippen molar-refractivity contribution >= 4 is 21.6 Å². The molecule has 0 bridgehead atoms. The summed E-state index contributed by atoms with van der Waals surface area (Å²) in [4.78, 5) is 13.9. The smallest absolute Gasteiger partial charge is 0.243 e. The quantitative estimate of drug-likeness (QED) is 0.849. The van der Waals surface area contributed by atoms with Crippen LogP contribution in [0.1, 0.15) is 39.2 Å². The maximum Gasteiger partial charge on any atom is 0.243 e. The van der Waals surface area contributed by atoms with Crippen LogP contribution in [0.3, 0.4) is 0 Å². The van der Waals surface area contributed by atoms with Gasteiger partial charge in [0.1, 0.15) is 0 Å². The van der Waals surface area contributed by atoms with Crippen LogP contribution in [-0.4, -0.2) is 50.9 Å². The van der Waals surface area contributed by atoms with Crippen molar-refractivity contribution in [2.45, 2.75) is 51.0 Å². The number of hydrogen-bond acceptors (Lipinski definition) is 4. The molecule has 1 atom stereocenters. The van der Waals surface area contributed by atoms with Crippen LogP contribution in [0.2, 0.25) is 0 Å². The van der Waals surface area contributed by atoms with E-state index in [1.54, 1.807) is 34.3 Å². The third-order valence-corrected chi connectivity index (χ3v) is 7.39. The molecule has 2 aliphatic rings. The molecule has 6 nitrogen and oxygen atoms in total. The van der Waals surface area contributed by atoms with Gasteiger partial charge in [-0.15, -0.1) is 0 Å². The third-order valence-electron chi connectivity index (χ3n) is 5.50. The van der Waals surface area contributed by atoms with Crippen LogP contribution in [0.5, 0.6) is 0 Å². The van der Waals surface area contributed by atoms with Gasteiger partial charge >= 0.3 is 0 Å². The third kappa shape index (κ3) is 3.66. The molecule has 1 aromatic carbocycles. The van der Waals surface area contributed by atoms with Gasteiger partial charge in [0.05, 0.1) is 4.90 Å². The minimum absolute atomic E-state index is 0.00498. The number of fused-ring (bicyclic) bond motifs is 1. The molecule has 1 saturated heterocycles. The zero-order valence-electron chi connectivity index (χ0n) is 15.9. The molecule has 0 saturated carbocycles. The number of hydrogen-bond donors (Lipinski definition) is 1. The van der Waals surface area contributed by atoms with Crippen LogP contribution in [0.15, 0.2) is 23.1 Å². The number of sulfonamides is 1. The van der Waals surface area contributed by atoms with Gasteiger partial charge in [0.2, 0.25) is 15.9 Å². The number of piperidine rings is 1. The lowest BCUT2D eigenvalue weighted by Gasteiger charge is -2.31. The number of nitrogens with one attached hydrogen (secondary N) is 1. The second-order valence-corrected chi connectivity index (χ2v) is 9.33. The van der Waals surface area contributed by atoms with E-state index in [0.29, 0.717) is 30.3 Å². The highest BCUT2D eigenvalue weighted by Gasteiger charge is 2.33. The van der Waals surface area contributed by atoms with E-state index in [-0.39, 0.29) is 11.9 Å². The van der Waals surface area contributed by atoms with Crippen LogP contribution in [0.4, 0.5) is 5.69 Å². The molecular weight excluding hydrogens is 350 g/mol. The van der Waals surface area contributed by atoms with E-state index in [1.165, 1.54) is 0 Å². The first kappa shape index (κ1) is 19.3. The van der Waals surface area contributed by atoms with Crippen LogP contribution in [0.25, 0.3) is 0 Å². The predicted molar refractivity (Wildman–Crippen MR) is 103 cm³/mol. The SMILES string of the molecule is CCNCC1CCN(S(=O)(=O)c2ccc3c(c2)CC(C)N3C(C)=O)CC1. The summed E-state index contributed by atoms with van der Waals surface area (Å²) in [6.07, 6.45) is 2.49. The number of rotatable bonds is 5. The van der Waals surface area contributed by atoms with Crippen molar-refractivity contribution < 1.29 is 13.2 Å². The Hall–Kier alpha value is -1.44. The molecule has 2 heterocycles. The Morgan fingerprint density at radius 1 is 1.27 bits per heavy atom. The summed E-state index contributed by atoms with van der Waals surface area (Å²) in [7, 11) is -3.47. The summed E-state index contributed by atoms with van der Waals surface area (Å²) >= 11 is 0. The molecule has 26 heavy (non-hydrogen) atoms. The van der Waals surface area contributed by atoms with E-state index >= 15 is 0 Å². The van der Waals surface area contributed by atoms with E-state index in [1.807, 2.05) is 6.92 Å². The molecule has 1 aromatic rings. The fraction of sp³-hybridized carbons (Fsp3) is 0.632. The molecule has 1 amide bonds. The lowest BCUT2D eigenvalue weighted by atomic mass is 9.98. The van der Waals surface area contributed by atoms with Crippen molar-refractivity contribution in [3.8, 4) is 0 Å². The van der Waals surface area contributed by atoms with Gasteiger partial charge < -0.3 is 10.2 Å². The number of carbonyl (C=O) groups excluding carboxylic acids is 1. The minimum atomic E-state index is -3.47. The number of nitrogens with zero attached hydrogens (tertiary/aromatic N) is 2. The Labute approximate surface area is 156 Å². The van der Waals surface area contributed by atoms with Gasteiger partial charge in [-0.3, -0.25) is 4.79 Å². The fourth-order valence-electron chi connectivity index (χ4n) is 4.10. The first-order chi connectivity index (χ1) is 12.3. The Bertz CT molecular complexity index is 770. The Balaban J connectivity index is 1.75. The molecule has 144 valence electrons. The highest BCUT2D eigenvalue weighted by molar-refractivity contribution is 7.89. The first-order valence-corrected chi connectivity index (χ1v) is 10.9. The average Bonchev–Trinajstić information content (AvgIpc) is 2.95. The highest BCUT2D eigenvalue weighted by Crippen LogP contribution is 2.35. The highest BCUT2D eigenvalue weighted by atomic mass is 32.2. The summed E-state index contributed by atoms with van der Waals surface area (Å²) in [5.41, 5.74) is 1.78. The van der Waals surface area contributed by atoms with Gasteiger partial charge in [-0.2, -0.15) is 4.31 Å². The zero-order chi connectivity index (χ0) is 18.9. The molecule has 1 N–H and O–H groups in total. The van der Waals surface area contributed by atoms with E-state index in [2.05, 4.69) is 12.2 Å². The van der Waals surface area contributed by atoms with E-state index in [4.69, 9.17) is 0 Å². The lowest BCUT2D eigenvalue weighted by Crippen LogP contribution is -2.40. The monoisotopic (exact) mass is 379 g/mol. The maximum absolute atomic E-state index is 13.0.